The number of hydrogen-bond donors (Lipinski definition) is 0. The van der Waals surface area contributed by atoms with Gasteiger partial charge in [-0.25, -0.2) is 0 Å². The van der Waals surface area contributed by atoms with Crippen molar-refractivity contribution >= 4 is 59.3 Å². The summed E-state index contributed by atoms with van der Waals surface area (Å²) in [6.45, 7) is 4.71. The lowest BCUT2D eigenvalue weighted by Crippen LogP contribution is -2.16. The summed E-state index contributed by atoms with van der Waals surface area (Å²) in [6, 6.07) is 64.9. The predicted octanol–water partition coefficient (Wildman–Crippen LogP) is 14.3. The molecule has 0 saturated carbocycles. The third-order valence-corrected chi connectivity index (χ3v) is 12.0. The molecule has 0 N–H and O–H groups in total. The largest absolute Gasteiger partial charge is 0.310 e. The highest BCUT2D eigenvalue weighted by Crippen LogP contribution is 2.51. The van der Waals surface area contributed by atoms with Crippen molar-refractivity contribution in [3.8, 4) is 33.4 Å². The van der Waals surface area contributed by atoms with E-state index in [0.717, 1.165) is 17.1 Å². The van der Waals surface area contributed by atoms with Crippen molar-refractivity contribution in [2.45, 2.75) is 19.3 Å². The normalized spacial score (nSPS) is 13.1. The van der Waals surface area contributed by atoms with Gasteiger partial charge in [-0.3, -0.25) is 0 Å². The number of benzene rings is 8. The zero-order valence-electron chi connectivity index (χ0n) is 28.6. The molecule has 51 heavy (non-hydrogen) atoms. The van der Waals surface area contributed by atoms with E-state index >= 15 is 0 Å². The first-order chi connectivity index (χ1) is 25.0. The van der Waals surface area contributed by atoms with Crippen LogP contribution in [0.5, 0.6) is 0 Å². The Labute approximate surface area is 302 Å². The van der Waals surface area contributed by atoms with Crippen LogP contribution >= 0.6 is 11.3 Å². The average Bonchev–Trinajstić information content (AvgIpc) is 3.66. The molecule has 0 radical (unpaired) electrons. The first-order valence-corrected chi connectivity index (χ1v) is 18.5. The number of nitrogens with zero attached hydrogens (tertiary/aromatic N) is 1. The van der Waals surface area contributed by atoms with E-state index in [1.807, 2.05) is 11.3 Å². The molecular weight excluding hydrogens is 635 g/mol. The lowest BCUT2D eigenvalue weighted by molar-refractivity contribution is 0.660. The molecule has 0 amide bonds. The maximum absolute atomic E-state index is 2.42. The Morgan fingerprint density at radius 1 is 0.392 bits per heavy atom. The fourth-order valence-corrected chi connectivity index (χ4v) is 9.42. The third-order valence-electron chi connectivity index (χ3n) is 10.9. The topological polar surface area (TPSA) is 3.24 Å². The Bertz CT molecular complexity index is 2780. The SMILES string of the molecule is CC1(C)c2ccccc2-c2ccc(N(c3ccc(-c4ccc5c(c4)sc4ccccc45)cc3)c3cccc(-c4cccc5ccccc45)c3)cc21. The second-order valence-corrected chi connectivity index (χ2v) is 15.3. The summed E-state index contributed by atoms with van der Waals surface area (Å²) < 4.78 is 2.66. The molecule has 1 aromatic heterocycles. The van der Waals surface area contributed by atoms with E-state index in [-0.39, 0.29) is 5.41 Å². The van der Waals surface area contributed by atoms with E-state index in [1.54, 1.807) is 0 Å². The quantitative estimate of drug-likeness (QED) is 0.176. The van der Waals surface area contributed by atoms with Gasteiger partial charge >= 0.3 is 0 Å². The molecule has 1 heterocycles. The number of thiophene rings is 1. The van der Waals surface area contributed by atoms with Crippen LogP contribution in [0.2, 0.25) is 0 Å². The van der Waals surface area contributed by atoms with Crippen LogP contribution in [0.1, 0.15) is 25.0 Å². The zero-order chi connectivity index (χ0) is 34.1. The molecule has 1 aliphatic carbocycles. The minimum absolute atomic E-state index is 0.0898. The molecule has 0 atom stereocenters. The van der Waals surface area contributed by atoms with Crippen LogP contribution in [0.4, 0.5) is 17.1 Å². The van der Waals surface area contributed by atoms with E-state index in [9.17, 15) is 0 Å². The van der Waals surface area contributed by atoms with E-state index < -0.39 is 0 Å². The van der Waals surface area contributed by atoms with Crippen LogP contribution in [-0.4, -0.2) is 0 Å². The molecule has 2 heteroatoms. The molecule has 9 aromatic rings. The summed E-state index contributed by atoms with van der Waals surface area (Å²) >= 11 is 1.87. The number of hydrogen-bond acceptors (Lipinski definition) is 2. The van der Waals surface area contributed by atoms with Crippen LogP contribution in [-0.2, 0) is 5.41 Å². The summed E-state index contributed by atoms with van der Waals surface area (Å²) in [7, 11) is 0. The predicted molar refractivity (Wildman–Crippen MR) is 220 cm³/mol. The lowest BCUT2D eigenvalue weighted by Gasteiger charge is -2.28. The van der Waals surface area contributed by atoms with Gasteiger partial charge in [0.1, 0.15) is 0 Å². The highest BCUT2D eigenvalue weighted by Gasteiger charge is 2.35. The summed E-state index contributed by atoms with van der Waals surface area (Å²) in [5, 5.41) is 5.18. The molecule has 0 aliphatic heterocycles. The molecular formula is C49H35NS. The van der Waals surface area contributed by atoms with Gasteiger partial charge in [0.25, 0.3) is 0 Å². The number of fused-ring (bicyclic) bond motifs is 7. The van der Waals surface area contributed by atoms with Gasteiger partial charge in [-0.1, -0.05) is 141 Å². The van der Waals surface area contributed by atoms with E-state index in [4.69, 9.17) is 0 Å². The van der Waals surface area contributed by atoms with Crippen molar-refractivity contribution in [3.05, 3.63) is 187 Å². The van der Waals surface area contributed by atoms with Crippen molar-refractivity contribution in [1.82, 2.24) is 0 Å². The molecule has 8 aromatic carbocycles. The van der Waals surface area contributed by atoms with Crippen LogP contribution < -0.4 is 4.90 Å². The third kappa shape index (κ3) is 4.82. The maximum Gasteiger partial charge on any atom is 0.0467 e. The monoisotopic (exact) mass is 669 g/mol. The fraction of sp³-hybridized carbons (Fsp3) is 0.0612. The lowest BCUT2D eigenvalue weighted by atomic mass is 9.82. The van der Waals surface area contributed by atoms with Crippen LogP contribution in [0.25, 0.3) is 64.3 Å². The van der Waals surface area contributed by atoms with Gasteiger partial charge in [-0.2, -0.15) is 0 Å². The smallest absolute Gasteiger partial charge is 0.0467 e. The average molecular weight is 670 g/mol. The molecule has 1 nitrogen and oxygen atoms in total. The van der Waals surface area contributed by atoms with Gasteiger partial charge in [0.05, 0.1) is 0 Å². The minimum Gasteiger partial charge on any atom is -0.310 e. The standard InChI is InChI=1S/C49H35NS/c1-49(2)45-19-7-5-16-41(45)42-28-26-38(31-46(42)49)50(37-14-9-13-35(29-37)40-18-10-12-33-11-3-4-15-39(33)40)36-24-21-32(22-25-36)34-23-27-44-43-17-6-8-20-47(43)51-48(44)30-34/h3-31H,1-2H3. The van der Waals surface area contributed by atoms with Crippen LogP contribution in [0.15, 0.2) is 176 Å². The van der Waals surface area contributed by atoms with Gasteiger partial charge in [-0.15, -0.1) is 11.3 Å². The fourth-order valence-electron chi connectivity index (χ4n) is 8.28. The Balaban J connectivity index is 1.10. The van der Waals surface area contributed by atoms with Crippen molar-refractivity contribution in [3.63, 3.8) is 0 Å². The van der Waals surface area contributed by atoms with Crippen LogP contribution in [0.3, 0.4) is 0 Å². The van der Waals surface area contributed by atoms with Gasteiger partial charge in [0.2, 0.25) is 0 Å². The first kappa shape index (κ1) is 29.9. The molecule has 1 aliphatic rings. The molecule has 242 valence electrons. The van der Waals surface area contributed by atoms with Gasteiger partial charge in [-0.05, 0) is 104 Å². The van der Waals surface area contributed by atoms with Crippen molar-refractivity contribution in [2.75, 3.05) is 4.90 Å². The molecule has 0 bridgehead atoms. The second-order valence-electron chi connectivity index (χ2n) is 14.2. The van der Waals surface area contributed by atoms with Crippen molar-refractivity contribution < 1.29 is 0 Å². The van der Waals surface area contributed by atoms with E-state index in [2.05, 4.69) is 195 Å². The molecule has 0 unspecified atom stereocenters. The Morgan fingerprint density at radius 3 is 1.94 bits per heavy atom. The van der Waals surface area contributed by atoms with E-state index in [0.29, 0.717) is 0 Å². The zero-order valence-corrected chi connectivity index (χ0v) is 29.4. The Hall–Kier alpha value is -5.96. The van der Waals surface area contributed by atoms with Crippen molar-refractivity contribution in [1.29, 1.82) is 0 Å². The second kappa shape index (κ2) is 11.6. The Morgan fingerprint density at radius 2 is 1.04 bits per heavy atom. The molecule has 0 fully saturated rings. The van der Waals surface area contributed by atoms with E-state index in [1.165, 1.54) is 75.5 Å². The minimum atomic E-state index is -0.0898. The van der Waals surface area contributed by atoms with Crippen molar-refractivity contribution in [2.24, 2.45) is 0 Å². The summed E-state index contributed by atoms with van der Waals surface area (Å²) in [6.07, 6.45) is 0. The number of anilines is 3. The first-order valence-electron chi connectivity index (χ1n) is 17.7. The van der Waals surface area contributed by atoms with Crippen LogP contribution in [0, 0.1) is 0 Å². The summed E-state index contributed by atoms with van der Waals surface area (Å²) in [4.78, 5) is 2.42. The highest BCUT2D eigenvalue weighted by molar-refractivity contribution is 7.25. The van der Waals surface area contributed by atoms with Gasteiger partial charge < -0.3 is 4.90 Å². The molecule has 0 spiro atoms. The van der Waals surface area contributed by atoms with Gasteiger partial charge in [0.15, 0.2) is 0 Å². The highest BCUT2D eigenvalue weighted by atomic mass is 32.1. The summed E-state index contributed by atoms with van der Waals surface area (Å²) in [5.74, 6) is 0. The number of rotatable bonds is 5. The molecule has 10 rings (SSSR count). The maximum atomic E-state index is 2.42. The Kier molecular flexibility index (Phi) is 6.78. The summed E-state index contributed by atoms with van der Waals surface area (Å²) in [5.41, 5.74) is 13.7. The van der Waals surface area contributed by atoms with Gasteiger partial charge in [0, 0.05) is 42.6 Å². The molecule has 0 saturated heterocycles.